The summed E-state index contributed by atoms with van der Waals surface area (Å²) < 4.78 is 31.9. The molecule has 0 bridgehead atoms. The summed E-state index contributed by atoms with van der Waals surface area (Å²) in [5, 5.41) is 8.93. The zero-order valence-electron chi connectivity index (χ0n) is 13.3. The summed E-state index contributed by atoms with van der Waals surface area (Å²) in [6, 6.07) is 5.54. The molecule has 0 unspecified atom stereocenters. The van der Waals surface area contributed by atoms with E-state index in [1.807, 2.05) is 0 Å². The van der Waals surface area contributed by atoms with Gasteiger partial charge in [-0.3, -0.25) is 9.59 Å². The Morgan fingerprint density at radius 2 is 2.08 bits per heavy atom. The van der Waals surface area contributed by atoms with E-state index in [0.717, 1.165) is 17.7 Å². The highest BCUT2D eigenvalue weighted by molar-refractivity contribution is 7.89. The zero-order chi connectivity index (χ0) is 17.7. The van der Waals surface area contributed by atoms with Gasteiger partial charge in [0, 0.05) is 25.3 Å². The molecule has 9 heteroatoms. The summed E-state index contributed by atoms with van der Waals surface area (Å²) in [5.74, 6) is -1.71. The van der Waals surface area contributed by atoms with Crippen molar-refractivity contribution in [2.75, 3.05) is 26.8 Å². The number of amides is 1. The van der Waals surface area contributed by atoms with Crippen LogP contribution in [0.1, 0.15) is 23.2 Å². The second kappa shape index (κ2) is 7.73. The Morgan fingerprint density at radius 3 is 2.67 bits per heavy atom. The normalized spacial score (nSPS) is 14.4. The van der Waals surface area contributed by atoms with Crippen LogP contribution in [-0.4, -0.2) is 63.1 Å². The van der Waals surface area contributed by atoms with Crippen LogP contribution in [0.4, 0.5) is 0 Å². The molecule has 0 spiro atoms. The third kappa shape index (κ3) is 5.02. The van der Waals surface area contributed by atoms with Crippen LogP contribution < -0.4 is 4.72 Å². The molecule has 1 aromatic rings. The van der Waals surface area contributed by atoms with E-state index in [4.69, 9.17) is 9.84 Å². The molecule has 2 N–H and O–H groups in total. The van der Waals surface area contributed by atoms with E-state index in [9.17, 15) is 18.0 Å². The summed E-state index contributed by atoms with van der Waals surface area (Å²) in [6.07, 6.45) is 1.61. The summed E-state index contributed by atoms with van der Waals surface area (Å²) in [7, 11) is -2.24. The predicted octanol–water partition coefficient (Wildman–Crippen LogP) is 0.300. The average molecular weight is 356 g/mol. The van der Waals surface area contributed by atoms with E-state index >= 15 is 0 Å². The molecule has 1 aliphatic carbocycles. The van der Waals surface area contributed by atoms with Gasteiger partial charge in [0.05, 0.1) is 11.5 Å². The summed E-state index contributed by atoms with van der Waals surface area (Å²) >= 11 is 0. The Labute approximate surface area is 140 Å². The second-order valence-corrected chi connectivity index (χ2v) is 7.25. The molecule has 132 valence electrons. The van der Waals surface area contributed by atoms with Crippen molar-refractivity contribution in [3.63, 3.8) is 0 Å². The van der Waals surface area contributed by atoms with Gasteiger partial charge in [-0.05, 0) is 31.0 Å². The van der Waals surface area contributed by atoms with Crippen molar-refractivity contribution in [2.45, 2.75) is 23.8 Å². The minimum Gasteiger partial charge on any atom is -0.480 e. The SMILES string of the molecule is COCCN(CC(=O)O)C(=O)c1cccc(S(=O)(=O)NC2CC2)c1. The van der Waals surface area contributed by atoms with Gasteiger partial charge in [-0.15, -0.1) is 0 Å². The van der Waals surface area contributed by atoms with Crippen molar-refractivity contribution in [1.29, 1.82) is 0 Å². The van der Waals surface area contributed by atoms with E-state index < -0.39 is 28.4 Å². The maximum atomic E-state index is 12.5. The van der Waals surface area contributed by atoms with Gasteiger partial charge < -0.3 is 14.7 Å². The number of aliphatic carboxylic acids is 1. The van der Waals surface area contributed by atoms with E-state index in [2.05, 4.69) is 4.72 Å². The highest BCUT2D eigenvalue weighted by atomic mass is 32.2. The van der Waals surface area contributed by atoms with Gasteiger partial charge in [-0.2, -0.15) is 0 Å². The van der Waals surface area contributed by atoms with E-state index in [1.54, 1.807) is 0 Å². The Bertz CT molecular complexity index is 714. The third-order valence-corrected chi connectivity index (χ3v) is 4.99. The standard InChI is InChI=1S/C15H20N2O6S/c1-23-8-7-17(10-14(18)19)15(20)11-3-2-4-13(9-11)24(21,22)16-12-5-6-12/h2-4,9,12,16H,5-8,10H2,1H3,(H,18,19). The fourth-order valence-electron chi connectivity index (χ4n) is 2.08. The number of carboxylic acids is 1. The molecule has 1 aromatic carbocycles. The summed E-state index contributed by atoms with van der Waals surface area (Å²) in [5.41, 5.74) is 0.117. The van der Waals surface area contributed by atoms with Crippen LogP contribution >= 0.6 is 0 Å². The van der Waals surface area contributed by atoms with Crippen LogP contribution in [0.25, 0.3) is 0 Å². The van der Waals surface area contributed by atoms with Crippen LogP contribution in [0.15, 0.2) is 29.2 Å². The van der Waals surface area contributed by atoms with Crippen molar-refractivity contribution in [3.05, 3.63) is 29.8 Å². The Kier molecular flexibility index (Phi) is 5.92. The number of methoxy groups -OCH3 is 1. The van der Waals surface area contributed by atoms with Gasteiger partial charge in [0.15, 0.2) is 0 Å². The van der Waals surface area contributed by atoms with Gasteiger partial charge in [0.1, 0.15) is 6.54 Å². The fraction of sp³-hybridized carbons (Fsp3) is 0.467. The Hall–Kier alpha value is -1.97. The largest absolute Gasteiger partial charge is 0.480 e. The average Bonchev–Trinajstić information content (AvgIpc) is 3.34. The molecule has 0 aliphatic heterocycles. The minimum absolute atomic E-state index is 0.0118. The number of sulfonamides is 1. The topological polar surface area (TPSA) is 113 Å². The lowest BCUT2D eigenvalue weighted by Gasteiger charge is -2.20. The first-order chi connectivity index (χ1) is 11.3. The summed E-state index contributed by atoms with van der Waals surface area (Å²) in [6.45, 7) is -0.210. The van der Waals surface area contributed by atoms with Gasteiger partial charge in [0.2, 0.25) is 10.0 Å². The van der Waals surface area contributed by atoms with E-state index in [-0.39, 0.29) is 29.7 Å². The zero-order valence-corrected chi connectivity index (χ0v) is 14.1. The lowest BCUT2D eigenvalue weighted by molar-refractivity contribution is -0.137. The lowest BCUT2D eigenvalue weighted by atomic mass is 10.2. The number of nitrogens with one attached hydrogen (secondary N) is 1. The number of carbonyl (C=O) groups excluding carboxylic acids is 1. The molecule has 0 heterocycles. The minimum atomic E-state index is -3.68. The van der Waals surface area contributed by atoms with Gasteiger partial charge >= 0.3 is 5.97 Å². The number of hydrogen-bond donors (Lipinski definition) is 2. The molecule has 0 atom stereocenters. The number of benzene rings is 1. The van der Waals surface area contributed by atoms with Crippen LogP contribution in [0.2, 0.25) is 0 Å². The number of nitrogens with zero attached hydrogens (tertiary/aromatic N) is 1. The smallest absolute Gasteiger partial charge is 0.323 e. The van der Waals surface area contributed by atoms with Gasteiger partial charge in [-0.25, -0.2) is 13.1 Å². The first-order valence-electron chi connectivity index (χ1n) is 7.46. The fourth-order valence-corrected chi connectivity index (χ4v) is 3.44. The van der Waals surface area contributed by atoms with Crippen molar-refractivity contribution < 1.29 is 27.9 Å². The van der Waals surface area contributed by atoms with E-state index in [0.29, 0.717) is 0 Å². The highest BCUT2D eigenvalue weighted by Gasteiger charge is 2.28. The van der Waals surface area contributed by atoms with Crippen LogP contribution in [0.5, 0.6) is 0 Å². The molecule has 24 heavy (non-hydrogen) atoms. The van der Waals surface area contributed by atoms with Gasteiger partial charge in [-0.1, -0.05) is 6.07 Å². The molecule has 2 rings (SSSR count). The predicted molar refractivity (Wildman–Crippen MR) is 85.2 cm³/mol. The molecule has 1 aliphatic rings. The van der Waals surface area contributed by atoms with E-state index in [1.165, 1.54) is 31.4 Å². The van der Waals surface area contributed by atoms with Crippen molar-refractivity contribution >= 4 is 21.9 Å². The molecule has 1 fully saturated rings. The number of carbonyl (C=O) groups is 2. The number of ether oxygens (including phenoxy) is 1. The number of rotatable bonds is 9. The quantitative estimate of drug-likeness (QED) is 0.658. The molecular weight excluding hydrogens is 336 g/mol. The van der Waals surface area contributed by atoms with Crippen molar-refractivity contribution in [3.8, 4) is 0 Å². The monoisotopic (exact) mass is 356 g/mol. The maximum Gasteiger partial charge on any atom is 0.323 e. The number of carboxylic acid groups (broad SMARTS) is 1. The van der Waals surface area contributed by atoms with Gasteiger partial charge in [0.25, 0.3) is 5.91 Å². The molecule has 8 nitrogen and oxygen atoms in total. The molecule has 0 aromatic heterocycles. The van der Waals surface area contributed by atoms with Crippen molar-refractivity contribution in [2.24, 2.45) is 0 Å². The Balaban J connectivity index is 2.21. The maximum absolute atomic E-state index is 12.5. The second-order valence-electron chi connectivity index (χ2n) is 5.54. The first-order valence-corrected chi connectivity index (χ1v) is 8.94. The molecule has 1 amide bonds. The van der Waals surface area contributed by atoms with Crippen LogP contribution in [0.3, 0.4) is 0 Å². The summed E-state index contributed by atoms with van der Waals surface area (Å²) in [4.78, 5) is 24.5. The Morgan fingerprint density at radius 1 is 1.38 bits per heavy atom. The van der Waals surface area contributed by atoms with Crippen LogP contribution in [-0.2, 0) is 19.6 Å². The number of hydrogen-bond acceptors (Lipinski definition) is 5. The molecule has 0 saturated heterocycles. The third-order valence-electron chi connectivity index (χ3n) is 3.47. The first kappa shape index (κ1) is 18.4. The lowest BCUT2D eigenvalue weighted by Crippen LogP contribution is -2.38. The van der Waals surface area contributed by atoms with Crippen LogP contribution in [0, 0.1) is 0 Å². The van der Waals surface area contributed by atoms with Crippen molar-refractivity contribution in [1.82, 2.24) is 9.62 Å². The molecule has 0 radical (unpaired) electrons. The molecule has 1 saturated carbocycles. The highest BCUT2D eigenvalue weighted by Crippen LogP contribution is 2.22. The molecular formula is C15H20N2O6S.